The van der Waals surface area contributed by atoms with E-state index in [1.165, 1.54) is 4.90 Å². The first kappa shape index (κ1) is 13.8. The minimum absolute atomic E-state index is 0.199. The average Bonchev–Trinajstić information content (AvgIpc) is 2.46. The molecular weight excluding hydrogens is 246 g/mol. The highest BCUT2D eigenvalue weighted by Crippen LogP contribution is 2.20. The molecule has 0 bridgehead atoms. The van der Waals surface area contributed by atoms with Crippen molar-refractivity contribution in [2.24, 2.45) is 0 Å². The van der Waals surface area contributed by atoms with Crippen LogP contribution in [0.1, 0.15) is 24.8 Å². The molecule has 1 amide bonds. The van der Waals surface area contributed by atoms with Crippen molar-refractivity contribution in [1.29, 1.82) is 0 Å². The fourth-order valence-electron chi connectivity index (χ4n) is 2.30. The van der Waals surface area contributed by atoms with Gasteiger partial charge in [-0.3, -0.25) is 0 Å². The maximum absolute atomic E-state index is 12.0. The molecule has 1 heterocycles. The molecule has 5 heteroatoms. The van der Waals surface area contributed by atoms with Crippen molar-refractivity contribution < 1.29 is 19.7 Å². The largest absolute Gasteiger partial charge is 0.445 e. The Balaban J connectivity index is 1.91. The summed E-state index contributed by atoms with van der Waals surface area (Å²) < 4.78 is 5.21. The smallest absolute Gasteiger partial charge is 0.410 e. The molecule has 1 saturated heterocycles. The van der Waals surface area contributed by atoms with Crippen molar-refractivity contribution in [1.82, 2.24) is 4.90 Å². The molecule has 19 heavy (non-hydrogen) atoms. The van der Waals surface area contributed by atoms with Gasteiger partial charge in [0.2, 0.25) is 0 Å². The van der Waals surface area contributed by atoms with Gasteiger partial charge in [-0.2, -0.15) is 0 Å². The van der Waals surface area contributed by atoms with Gasteiger partial charge in [-0.25, -0.2) is 4.79 Å². The molecule has 5 nitrogen and oxygen atoms in total. The zero-order valence-corrected chi connectivity index (χ0v) is 10.7. The Hall–Kier alpha value is -1.59. The van der Waals surface area contributed by atoms with Crippen LogP contribution in [0.15, 0.2) is 30.3 Å². The highest BCUT2D eigenvalue weighted by Gasteiger charge is 2.32. The molecule has 104 valence electrons. The van der Waals surface area contributed by atoms with E-state index in [1.54, 1.807) is 0 Å². The minimum Gasteiger partial charge on any atom is -0.445 e. The molecule has 1 atom stereocenters. The highest BCUT2D eigenvalue weighted by atomic mass is 16.6. The first-order valence-corrected chi connectivity index (χ1v) is 6.52. The summed E-state index contributed by atoms with van der Waals surface area (Å²) in [7, 11) is 0. The molecule has 0 radical (unpaired) electrons. The van der Waals surface area contributed by atoms with Crippen molar-refractivity contribution in [3.63, 3.8) is 0 Å². The molecule has 0 aliphatic carbocycles. The van der Waals surface area contributed by atoms with Gasteiger partial charge in [0.15, 0.2) is 6.29 Å². The highest BCUT2D eigenvalue weighted by molar-refractivity contribution is 5.68. The fourth-order valence-corrected chi connectivity index (χ4v) is 2.30. The number of benzene rings is 1. The van der Waals surface area contributed by atoms with Crippen LogP contribution in [-0.4, -0.2) is 40.1 Å². The van der Waals surface area contributed by atoms with Gasteiger partial charge in [0.1, 0.15) is 6.61 Å². The first-order chi connectivity index (χ1) is 9.18. The predicted octanol–water partition coefficient (Wildman–Crippen LogP) is 1.49. The molecule has 1 aliphatic rings. The van der Waals surface area contributed by atoms with Crippen LogP contribution in [-0.2, 0) is 11.3 Å². The van der Waals surface area contributed by atoms with E-state index in [2.05, 4.69) is 0 Å². The molecule has 1 aromatic rings. The number of aliphatic hydroxyl groups excluding tert-OH is 1. The van der Waals surface area contributed by atoms with Gasteiger partial charge in [-0.05, 0) is 24.8 Å². The number of carbonyl (C=O) groups is 1. The van der Waals surface area contributed by atoms with E-state index in [0.29, 0.717) is 13.0 Å². The second kappa shape index (κ2) is 6.54. The molecule has 0 aromatic heterocycles. The molecule has 1 aromatic carbocycles. The van der Waals surface area contributed by atoms with Crippen molar-refractivity contribution in [3.05, 3.63) is 35.9 Å². The molecule has 1 fully saturated rings. The number of rotatable bonds is 3. The molecule has 1 aliphatic heterocycles. The quantitative estimate of drug-likeness (QED) is 0.812. The predicted molar refractivity (Wildman–Crippen MR) is 69.2 cm³/mol. The van der Waals surface area contributed by atoms with Crippen LogP contribution < -0.4 is 0 Å². The number of aliphatic hydroxyl groups is 2. The monoisotopic (exact) mass is 265 g/mol. The van der Waals surface area contributed by atoms with E-state index in [9.17, 15) is 15.0 Å². The first-order valence-electron chi connectivity index (χ1n) is 6.52. The number of carbonyl (C=O) groups excluding carboxylic acids is 1. The van der Waals surface area contributed by atoms with Crippen LogP contribution in [0.5, 0.6) is 0 Å². The summed E-state index contributed by atoms with van der Waals surface area (Å²) in [4.78, 5) is 13.4. The lowest BCUT2D eigenvalue weighted by molar-refractivity contribution is -0.105. The van der Waals surface area contributed by atoms with Crippen molar-refractivity contribution in [2.75, 3.05) is 6.54 Å². The zero-order chi connectivity index (χ0) is 13.7. The van der Waals surface area contributed by atoms with Gasteiger partial charge in [0.25, 0.3) is 0 Å². The van der Waals surface area contributed by atoms with Crippen LogP contribution >= 0.6 is 0 Å². The molecule has 2 rings (SSSR count). The molecule has 0 saturated carbocycles. The maximum atomic E-state index is 12.0. The van der Waals surface area contributed by atoms with Crippen LogP contribution in [0, 0.1) is 0 Å². The second-order valence-electron chi connectivity index (χ2n) is 4.71. The summed E-state index contributed by atoms with van der Waals surface area (Å²) in [5, 5.41) is 18.6. The van der Waals surface area contributed by atoms with Gasteiger partial charge in [-0.1, -0.05) is 30.3 Å². The second-order valence-corrected chi connectivity index (χ2v) is 4.71. The standard InChI is InChI=1S/C14H19NO4/c16-13(17)12-8-4-5-9-15(12)14(18)19-10-11-6-2-1-3-7-11/h1-3,6-7,12-13,16-17H,4-5,8-10H2. The molecule has 1 unspecified atom stereocenters. The Bertz CT molecular complexity index is 407. The fraction of sp³-hybridized carbons (Fsp3) is 0.500. The number of likely N-dealkylation sites (tertiary alicyclic amines) is 1. The maximum Gasteiger partial charge on any atom is 0.410 e. The Morgan fingerprint density at radius 1 is 1.32 bits per heavy atom. The van der Waals surface area contributed by atoms with E-state index in [4.69, 9.17) is 4.74 Å². The third kappa shape index (κ3) is 3.68. The van der Waals surface area contributed by atoms with Gasteiger partial charge in [0.05, 0.1) is 6.04 Å². The van der Waals surface area contributed by atoms with Crippen molar-refractivity contribution >= 4 is 6.09 Å². The average molecular weight is 265 g/mol. The summed E-state index contributed by atoms with van der Waals surface area (Å²) in [5.41, 5.74) is 0.911. The van der Waals surface area contributed by atoms with Crippen molar-refractivity contribution in [3.8, 4) is 0 Å². The Kier molecular flexibility index (Phi) is 4.76. The SMILES string of the molecule is O=C(OCc1ccccc1)N1CCCCC1C(O)O. The number of hydrogen-bond donors (Lipinski definition) is 2. The summed E-state index contributed by atoms with van der Waals surface area (Å²) in [6, 6.07) is 8.85. The summed E-state index contributed by atoms with van der Waals surface area (Å²) in [6.07, 6.45) is 0.359. The van der Waals surface area contributed by atoms with Crippen molar-refractivity contribution in [2.45, 2.75) is 38.2 Å². The lowest BCUT2D eigenvalue weighted by Crippen LogP contribution is -2.49. The van der Waals surface area contributed by atoms with Gasteiger partial charge in [-0.15, -0.1) is 0 Å². The number of hydrogen-bond acceptors (Lipinski definition) is 4. The lowest BCUT2D eigenvalue weighted by atomic mass is 10.0. The van der Waals surface area contributed by atoms with Crippen LogP contribution in [0.3, 0.4) is 0 Å². The number of piperidine rings is 1. The molecule has 2 N–H and O–H groups in total. The van der Waals surface area contributed by atoms with E-state index in [0.717, 1.165) is 18.4 Å². The Morgan fingerprint density at radius 3 is 2.74 bits per heavy atom. The summed E-state index contributed by atoms with van der Waals surface area (Å²) >= 11 is 0. The van der Waals surface area contributed by atoms with Crippen LogP contribution in [0.2, 0.25) is 0 Å². The van der Waals surface area contributed by atoms with Crippen LogP contribution in [0.25, 0.3) is 0 Å². The van der Waals surface area contributed by atoms with Crippen LogP contribution in [0.4, 0.5) is 4.79 Å². The molecular formula is C14H19NO4. The zero-order valence-electron chi connectivity index (χ0n) is 10.7. The number of ether oxygens (including phenoxy) is 1. The van der Waals surface area contributed by atoms with E-state index in [1.807, 2.05) is 30.3 Å². The topological polar surface area (TPSA) is 70.0 Å². The van der Waals surface area contributed by atoms with E-state index < -0.39 is 18.4 Å². The number of amides is 1. The van der Waals surface area contributed by atoms with E-state index >= 15 is 0 Å². The third-order valence-electron chi connectivity index (χ3n) is 3.33. The third-order valence-corrected chi connectivity index (χ3v) is 3.33. The normalized spacial score (nSPS) is 19.5. The number of nitrogens with zero attached hydrogens (tertiary/aromatic N) is 1. The van der Waals surface area contributed by atoms with Gasteiger partial charge >= 0.3 is 6.09 Å². The lowest BCUT2D eigenvalue weighted by Gasteiger charge is -2.35. The minimum atomic E-state index is -1.51. The summed E-state index contributed by atoms with van der Waals surface area (Å²) in [5.74, 6) is 0. The van der Waals surface area contributed by atoms with E-state index in [-0.39, 0.29) is 6.61 Å². The summed E-state index contributed by atoms with van der Waals surface area (Å²) in [6.45, 7) is 0.709. The Labute approximate surface area is 112 Å². The van der Waals surface area contributed by atoms with Gasteiger partial charge in [0, 0.05) is 6.54 Å². The molecule has 0 spiro atoms. The van der Waals surface area contributed by atoms with Gasteiger partial charge < -0.3 is 19.8 Å². The Morgan fingerprint density at radius 2 is 2.05 bits per heavy atom.